The summed E-state index contributed by atoms with van der Waals surface area (Å²) in [4.78, 5) is 68.4. The van der Waals surface area contributed by atoms with Gasteiger partial charge in [-0.15, -0.1) is 0 Å². The summed E-state index contributed by atoms with van der Waals surface area (Å²) in [5.41, 5.74) is -0.0613. The third-order valence-corrected chi connectivity index (χ3v) is 6.97. The molecule has 2 aliphatic heterocycles. The molecule has 0 bridgehead atoms. The van der Waals surface area contributed by atoms with Crippen LogP contribution in [-0.2, 0) is 19.1 Å². The Bertz CT molecular complexity index is 1700. The van der Waals surface area contributed by atoms with Gasteiger partial charge in [-0.3, -0.25) is 24.1 Å². The third kappa shape index (κ3) is 5.87. The minimum absolute atomic E-state index is 0.00456. The van der Waals surface area contributed by atoms with E-state index in [0.717, 1.165) is 0 Å². The van der Waals surface area contributed by atoms with Gasteiger partial charge in [0.25, 0.3) is 5.91 Å². The fraction of sp³-hybridized carbons (Fsp3) is 0.344. The first kappa shape index (κ1) is 30.3. The van der Waals surface area contributed by atoms with Crippen LogP contribution >= 0.6 is 0 Å². The van der Waals surface area contributed by atoms with Gasteiger partial charge in [0.2, 0.25) is 5.91 Å². The standard InChI is InChI=1S/C32H33N3O9/c1-18(36)35-23-11-12-24(41-19(2)37)27(30(39)33-13-15-34(16-14-33)31(40)44-32(4,5)6)29(23)43-26-17-25(42-20(3)38)21-9-7-8-10-22(21)28(26)35/h7-12,17H,13-16H2,1-6H3. The minimum Gasteiger partial charge on any atom is -0.452 e. The Morgan fingerprint density at radius 2 is 1.36 bits per heavy atom. The quantitative estimate of drug-likeness (QED) is 0.294. The number of amides is 3. The molecule has 230 valence electrons. The van der Waals surface area contributed by atoms with E-state index in [2.05, 4.69) is 0 Å². The molecule has 44 heavy (non-hydrogen) atoms. The van der Waals surface area contributed by atoms with Crippen LogP contribution in [0.3, 0.4) is 0 Å². The highest BCUT2D eigenvalue weighted by molar-refractivity contribution is 6.15. The number of ether oxygens (including phenoxy) is 4. The molecule has 0 aromatic heterocycles. The number of nitrogens with zero attached hydrogens (tertiary/aromatic N) is 3. The highest BCUT2D eigenvalue weighted by Crippen LogP contribution is 2.54. The van der Waals surface area contributed by atoms with Gasteiger partial charge < -0.3 is 28.7 Å². The van der Waals surface area contributed by atoms with Gasteiger partial charge in [-0.05, 0) is 32.9 Å². The summed E-state index contributed by atoms with van der Waals surface area (Å²) in [5.74, 6) is -1.78. The SMILES string of the molecule is CC(=O)Oc1ccc2c(c1C(=O)N1CCN(C(=O)OC(C)(C)C)CC1)Oc1cc(OC(C)=O)c3ccccc3c1N2C(C)=O. The van der Waals surface area contributed by atoms with Crippen molar-refractivity contribution in [3.63, 3.8) is 0 Å². The Labute approximate surface area is 254 Å². The lowest BCUT2D eigenvalue weighted by atomic mass is 10.0. The molecule has 3 aromatic rings. The van der Waals surface area contributed by atoms with E-state index in [4.69, 9.17) is 18.9 Å². The topological polar surface area (TPSA) is 132 Å². The van der Waals surface area contributed by atoms with Crippen LogP contribution in [0.4, 0.5) is 16.2 Å². The van der Waals surface area contributed by atoms with E-state index in [1.54, 1.807) is 51.1 Å². The molecule has 0 atom stereocenters. The molecule has 0 saturated carbocycles. The van der Waals surface area contributed by atoms with E-state index in [0.29, 0.717) is 16.5 Å². The molecule has 3 amide bonds. The van der Waals surface area contributed by atoms with Gasteiger partial charge in [0.15, 0.2) is 11.5 Å². The molecule has 0 N–H and O–H groups in total. The number of hydrogen-bond donors (Lipinski definition) is 0. The zero-order valence-corrected chi connectivity index (χ0v) is 25.4. The molecule has 12 nitrogen and oxygen atoms in total. The molecule has 0 radical (unpaired) electrons. The van der Waals surface area contributed by atoms with Gasteiger partial charge in [-0.1, -0.05) is 24.3 Å². The van der Waals surface area contributed by atoms with E-state index in [1.807, 2.05) is 0 Å². The van der Waals surface area contributed by atoms with Crippen molar-refractivity contribution in [2.45, 2.75) is 47.1 Å². The largest absolute Gasteiger partial charge is 0.452 e. The minimum atomic E-state index is -0.664. The van der Waals surface area contributed by atoms with Crippen LogP contribution in [0.5, 0.6) is 23.0 Å². The number of benzene rings is 3. The molecule has 1 saturated heterocycles. The number of carbonyl (C=O) groups excluding carboxylic acids is 5. The lowest BCUT2D eigenvalue weighted by molar-refractivity contribution is -0.132. The molecule has 0 aliphatic carbocycles. The lowest BCUT2D eigenvalue weighted by Crippen LogP contribution is -2.51. The molecule has 5 rings (SSSR count). The maximum absolute atomic E-state index is 14.1. The summed E-state index contributed by atoms with van der Waals surface area (Å²) < 4.78 is 22.7. The molecule has 0 unspecified atom stereocenters. The molecule has 2 aliphatic rings. The zero-order valence-electron chi connectivity index (χ0n) is 25.4. The number of esters is 2. The highest BCUT2D eigenvalue weighted by atomic mass is 16.6. The van der Waals surface area contributed by atoms with Gasteiger partial charge in [-0.2, -0.15) is 0 Å². The van der Waals surface area contributed by atoms with Crippen molar-refractivity contribution in [1.29, 1.82) is 0 Å². The molecule has 12 heteroatoms. The number of hydrogen-bond acceptors (Lipinski definition) is 9. The second-order valence-electron chi connectivity index (χ2n) is 11.5. The maximum atomic E-state index is 14.1. The van der Waals surface area contributed by atoms with E-state index in [9.17, 15) is 24.0 Å². The van der Waals surface area contributed by atoms with Gasteiger partial charge in [0.1, 0.15) is 22.7 Å². The molecular weight excluding hydrogens is 570 g/mol. The van der Waals surface area contributed by atoms with E-state index >= 15 is 0 Å². The average molecular weight is 604 g/mol. The molecule has 2 heterocycles. The Morgan fingerprint density at radius 1 is 0.773 bits per heavy atom. The summed E-state index contributed by atoms with van der Waals surface area (Å²) >= 11 is 0. The number of carbonyl (C=O) groups is 5. The molecule has 1 fully saturated rings. The van der Waals surface area contributed by atoms with Crippen molar-refractivity contribution in [1.82, 2.24) is 9.80 Å². The lowest BCUT2D eigenvalue weighted by Gasteiger charge is -2.37. The van der Waals surface area contributed by atoms with Crippen LogP contribution in [0.1, 0.15) is 51.9 Å². The second-order valence-corrected chi connectivity index (χ2v) is 11.5. The summed E-state index contributed by atoms with van der Waals surface area (Å²) in [6.07, 6.45) is -0.477. The van der Waals surface area contributed by atoms with Crippen LogP contribution in [0, 0.1) is 0 Å². The maximum Gasteiger partial charge on any atom is 0.410 e. The summed E-state index contributed by atoms with van der Waals surface area (Å²) in [7, 11) is 0. The van der Waals surface area contributed by atoms with Crippen LogP contribution in [0.15, 0.2) is 42.5 Å². The van der Waals surface area contributed by atoms with Gasteiger partial charge in [0, 0.05) is 63.8 Å². The second kappa shape index (κ2) is 11.5. The van der Waals surface area contributed by atoms with E-state index in [1.165, 1.54) is 47.6 Å². The van der Waals surface area contributed by atoms with E-state index < -0.39 is 29.5 Å². The van der Waals surface area contributed by atoms with Crippen LogP contribution in [0.25, 0.3) is 10.8 Å². The van der Waals surface area contributed by atoms with Crippen LogP contribution < -0.4 is 19.1 Å². The normalized spacial score (nSPS) is 14.3. The van der Waals surface area contributed by atoms with Crippen LogP contribution in [-0.4, -0.2) is 71.4 Å². The first-order valence-corrected chi connectivity index (χ1v) is 14.1. The summed E-state index contributed by atoms with van der Waals surface area (Å²) in [5, 5.41) is 1.16. The van der Waals surface area contributed by atoms with Gasteiger partial charge in [0.05, 0.1) is 11.4 Å². The van der Waals surface area contributed by atoms with Crippen molar-refractivity contribution in [2.24, 2.45) is 0 Å². The summed E-state index contributed by atoms with van der Waals surface area (Å²) in [6, 6.07) is 11.6. The predicted octanol–water partition coefficient (Wildman–Crippen LogP) is 5.17. The number of rotatable bonds is 3. The fourth-order valence-corrected chi connectivity index (χ4v) is 5.26. The Kier molecular flexibility index (Phi) is 7.94. The Balaban J connectivity index is 1.59. The van der Waals surface area contributed by atoms with Gasteiger partial charge in [-0.25, -0.2) is 4.79 Å². The molecule has 0 spiro atoms. The average Bonchev–Trinajstić information content (AvgIpc) is 2.94. The van der Waals surface area contributed by atoms with Crippen molar-refractivity contribution in [2.75, 3.05) is 31.1 Å². The Hall–Kier alpha value is -5.13. The highest BCUT2D eigenvalue weighted by Gasteiger charge is 2.38. The zero-order chi connectivity index (χ0) is 31.9. The van der Waals surface area contributed by atoms with Gasteiger partial charge >= 0.3 is 18.0 Å². The monoisotopic (exact) mass is 603 g/mol. The summed E-state index contributed by atoms with van der Waals surface area (Å²) in [6.45, 7) is 10.00. The molecular formula is C32H33N3O9. The predicted molar refractivity (Wildman–Crippen MR) is 160 cm³/mol. The fourth-order valence-electron chi connectivity index (χ4n) is 5.26. The smallest absolute Gasteiger partial charge is 0.410 e. The van der Waals surface area contributed by atoms with Crippen molar-refractivity contribution >= 4 is 52.0 Å². The third-order valence-electron chi connectivity index (χ3n) is 6.97. The Morgan fingerprint density at radius 3 is 1.95 bits per heavy atom. The van der Waals surface area contributed by atoms with Crippen molar-refractivity contribution in [3.05, 3.63) is 48.0 Å². The number of piperazine rings is 1. The number of fused-ring (bicyclic) bond motifs is 4. The first-order chi connectivity index (χ1) is 20.7. The van der Waals surface area contributed by atoms with Crippen LogP contribution in [0.2, 0.25) is 0 Å². The van der Waals surface area contributed by atoms with E-state index in [-0.39, 0.29) is 66.3 Å². The van der Waals surface area contributed by atoms with Crippen molar-refractivity contribution < 1.29 is 42.9 Å². The first-order valence-electron chi connectivity index (χ1n) is 14.1. The van der Waals surface area contributed by atoms with Crippen molar-refractivity contribution in [3.8, 4) is 23.0 Å². The molecule has 3 aromatic carbocycles. The number of anilines is 2.